The lowest BCUT2D eigenvalue weighted by Gasteiger charge is -2.53. The molecule has 2 atom stereocenters. The summed E-state index contributed by atoms with van der Waals surface area (Å²) in [5, 5.41) is 3.57. The molecule has 258 valence electrons. The van der Waals surface area contributed by atoms with Crippen LogP contribution in [0.25, 0.3) is 0 Å². The topological polar surface area (TPSA) is 130 Å². The highest BCUT2D eigenvalue weighted by atomic mass is 16.7. The van der Waals surface area contributed by atoms with Gasteiger partial charge < -0.3 is 18.9 Å². The van der Waals surface area contributed by atoms with E-state index < -0.39 is 70.4 Å². The summed E-state index contributed by atoms with van der Waals surface area (Å²) in [6, 6.07) is 6.47. The fraction of sp³-hybridized carbons (Fsp3) is 0.706. The molecule has 0 aliphatic carbocycles. The zero-order chi connectivity index (χ0) is 34.8. The first kappa shape index (κ1) is 37.4. The third kappa shape index (κ3) is 8.44. The van der Waals surface area contributed by atoms with Gasteiger partial charge in [-0.05, 0) is 81.4 Å². The molecule has 2 saturated heterocycles. The summed E-state index contributed by atoms with van der Waals surface area (Å²) in [5.74, 6) is -2.21. The van der Waals surface area contributed by atoms with E-state index in [1.165, 1.54) is 14.2 Å². The van der Waals surface area contributed by atoms with Gasteiger partial charge in [-0.1, -0.05) is 12.1 Å². The molecular formula is C34H52N2O10. The SMILES string of the molecule is COC(=O)C(C)ON1C(C)(C)CC(OC(=O)c2ccccc2C(=O)OC2CC(C)(C)N(OC(C)C(=O)OC)C(C)(C)C2)CC1(C)C. The van der Waals surface area contributed by atoms with Crippen molar-refractivity contribution in [3.63, 3.8) is 0 Å². The number of methoxy groups -OCH3 is 2. The van der Waals surface area contributed by atoms with E-state index in [4.69, 9.17) is 28.6 Å². The highest BCUT2D eigenvalue weighted by Crippen LogP contribution is 2.42. The van der Waals surface area contributed by atoms with Crippen LogP contribution in [-0.4, -0.2) is 94.8 Å². The predicted molar refractivity (Wildman–Crippen MR) is 168 cm³/mol. The van der Waals surface area contributed by atoms with Gasteiger partial charge in [0.2, 0.25) is 0 Å². The van der Waals surface area contributed by atoms with Crippen molar-refractivity contribution in [2.24, 2.45) is 0 Å². The van der Waals surface area contributed by atoms with Crippen molar-refractivity contribution >= 4 is 23.9 Å². The summed E-state index contributed by atoms with van der Waals surface area (Å²) in [4.78, 5) is 63.3. The number of ether oxygens (including phenoxy) is 4. The van der Waals surface area contributed by atoms with Gasteiger partial charge in [0.05, 0.1) is 25.3 Å². The summed E-state index contributed by atoms with van der Waals surface area (Å²) >= 11 is 0. The zero-order valence-corrected chi connectivity index (χ0v) is 29.4. The Labute approximate surface area is 272 Å². The minimum absolute atomic E-state index is 0.118. The van der Waals surface area contributed by atoms with Crippen LogP contribution in [0.15, 0.2) is 24.3 Å². The quantitative estimate of drug-likeness (QED) is 0.249. The van der Waals surface area contributed by atoms with E-state index in [0.29, 0.717) is 25.7 Å². The molecule has 2 heterocycles. The second-order valence-electron chi connectivity index (χ2n) is 14.8. The van der Waals surface area contributed by atoms with Crippen molar-refractivity contribution in [1.29, 1.82) is 0 Å². The molecule has 3 rings (SSSR count). The molecule has 0 spiro atoms. The van der Waals surface area contributed by atoms with Crippen molar-refractivity contribution in [3.05, 3.63) is 35.4 Å². The highest BCUT2D eigenvalue weighted by molar-refractivity contribution is 6.03. The fourth-order valence-electron chi connectivity index (χ4n) is 7.08. The van der Waals surface area contributed by atoms with E-state index in [1.807, 2.05) is 55.4 Å². The van der Waals surface area contributed by atoms with Crippen LogP contribution in [0, 0.1) is 0 Å². The first-order valence-corrected chi connectivity index (χ1v) is 15.8. The van der Waals surface area contributed by atoms with E-state index in [2.05, 4.69) is 0 Å². The minimum atomic E-state index is -0.806. The molecule has 2 aliphatic heterocycles. The van der Waals surface area contributed by atoms with E-state index in [-0.39, 0.29) is 11.1 Å². The highest BCUT2D eigenvalue weighted by Gasteiger charge is 2.50. The maximum atomic E-state index is 13.6. The molecule has 0 radical (unpaired) electrons. The van der Waals surface area contributed by atoms with Crippen LogP contribution in [0.1, 0.15) is 116 Å². The number of hydrogen-bond donors (Lipinski definition) is 0. The molecule has 12 nitrogen and oxygen atoms in total. The number of piperidine rings is 2. The number of carbonyl (C=O) groups excluding carboxylic acids is 4. The molecule has 0 amide bonds. The Balaban J connectivity index is 1.73. The number of carbonyl (C=O) groups is 4. The summed E-state index contributed by atoms with van der Waals surface area (Å²) in [7, 11) is 2.63. The maximum absolute atomic E-state index is 13.6. The third-order valence-electron chi connectivity index (χ3n) is 8.62. The van der Waals surface area contributed by atoms with E-state index in [1.54, 1.807) is 48.2 Å². The van der Waals surface area contributed by atoms with Crippen molar-refractivity contribution in [3.8, 4) is 0 Å². The number of rotatable bonds is 10. The average Bonchev–Trinajstić information content (AvgIpc) is 2.94. The largest absolute Gasteiger partial charge is 0.467 e. The van der Waals surface area contributed by atoms with Gasteiger partial charge in [0, 0.05) is 47.8 Å². The normalized spacial score (nSPS) is 22.7. The van der Waals surface area contributed by atoms with Crippen LogP contribution in [0.3, 0.4) is 0 Å². The smallest absolute Gasteiger partial charge is 0.339 e. The van der Waals surface area contributed by atoms with Gasteiger partial charge >= 0.3 is 23.9 Å². The maximum Gasteiger partial charge on any atom is 0.339 e. The molecule has 0 aromatic heterocycles. The van der Waals surface area contributed by atoms with Crippen LogP contribution < -0.4 is 0 Å². The van der Waals surface area contributed by atoms with E-state index in [0.717, 1.165) is 0 Å². The molecule has 1 aromatic rings. The molecule has 2 aliphatic rings. The van der Waals surface area contributed by atoms with Crippen LogP contribution in [0.2, 0.25) is 0 Å². The Kier molecular flexibility index (Phi) is 11.4. The van der Waals surface area contributed by atoms with Crippen LogP contribution in [0.4, 0.5) is 0 Å². The summed E-state index contributed by atoms with van der Waals surface area (Å²) < 4.78 is 21.7. The molecule has 2 fully saturated rings. The van der Waals surface area contributed by atoms with Gasteiger partial charge in [0.25, 0.3) is 0 Å². The van der Waals surface area contributed by atoms with Crippen molar-refractivity contribution < 1.29 is 47.8 Å². The second-order valence-corrected chi connectivity index (χ2v) is 14.8. The summed E-state index contributed by atoms with van der Waals surface area (Å²) in [6.07, 6.45) is -0.838. The van der Waals surface area contributed by atoms with Crippen LogP contribution >= 0.6 is 0 Å². The van der Waals surface area contributed by atoms with Crippen LogP contribution in [0.5, 0.6) is 0 Å². The average molecular weight is 649 g/mol. The Morgan fingerprint density at radius 3 is 1.15 bits per heavy atom. The number of benzene rings is 1. The van der Waals surface area contributed by atoms with Gasteiger partial charge in [-0.3, -0.25) is 9.68 Å². The third-order valence-corrected chi connectivity index (χ3v) is 8.62. The molecule has 46 heavy (non-hydrogen) atoms. The summed E-state index contributed by atoms with van der Waals surface area (Å²) in [5.41, 5.74) is -2.15. The lowest BCUT2D eigenvalue weighted by molar-refractivity contribution is -0.308. The number of hydroxylamine groups is 4. The van der Waals surface area contributed by atoms with E-state index >= 15 is 0 Å². The Hall–Kier alpha value is -3.06. The zero-order valence-electron chi connectivity index (χ0n) is 29.4. The standard InChI is InChI=1S/C34H52N2O10/c1-21(27(37)41-11)45-35-31(3,4)17-23(18-32(35,5)6)43-29(39)25-15-13-14-16-26(25)30(40)44-24-19-33(7,8)36(34(9,10)20-24)46-22(2)28(38)42-12/h13-16,21-24H,17-20H2,1-12H3. The Morgan fingerprint density at radius 2 is 0.891 bits per heavy atom. The lowest BCUT2D eigenvalue weighted by atomic mass is 9.80. The first-order chi connectivity index (χ1) is 21.1. The molecule has 1 aromatic carbocycles. The molecule has 12 heteroatoms. The van der Waals surface area contributed by atoms with Gasteiger partial charge in [-0.15, -0.1) is 0 Å². The number of hydrogen-bond acceptors (Lipinski definition) is 12. The van der Waals surface area contributed by atoms with Crippen molar-refractivity contribution in [1.82, 2.24) is 10.1 Å². The van der Waals surface area contributed by atoms with Gasteiger partial charge in [-0.2, -0.15) is 10.1 Å². The van der Waals surface area contributed by atoms with Crippen LogP contribution in [-0.2, 0) is 38.2 Å². The number of esters is 4. The molecular weight excluding hydrogens is 596 g/mol. The predicted octanol–water partition coefficient (Wildman–Crippen LogP) is 5.03. The minimum Gasteiger partial charge on any atom is -0.467 e. The molecule has 0 saturated carbocycles. The molecule has 0 bridgehead atoms. The first-order valence-electron chi connectivity index (χ1n) is 15.8. The Bertz CT molecular complexity index is 1160. The van der Waals surface area contributed by atoms with E-state index in [9.17, 15) is 19.2 Å². The monoisotopic (exact) mass is 648 g/mol. The second kappa shape index (κ2) is 14.0. The van der Waals surface area contributed by atoms with Crippen molar-refractivity contribution in [2.75, 3.05) is 14.2 Å². The van der Waals surface area contributed by atoms with Gasteiger partial charge in [0.1, 0.15) is 12.2 Å². The summed E-state index contributed by atoms with van der Waals surface area (Å²) in [6.45, 7) is 18.9. The lowest BCUT2D eigenvalue weighted by Crippen LogP contribution is -2.63. The van der Waals surface area contributed by atoms with Gasteiger partial charge in [-0.25, -0.2) is 19.2 Å². The van der Waals surface area contributed by atoms with Gasteiger partial charge in [0.15, 0.2) is 12.2 Å². The van der Waals surface area contributed by atoms with Crippen molar-refractivity contribution in [2.45, 2.75) is 141 Å². The molecule has 0 N–H and O–H groups in total. The Morgan fingerprint density at radius 1 is 0.609 bits per heavy atom. The fourth-order valence-corrected chi connectivity index (χ4v) is 7.08. The number of nitrogens with zero attached hydrogens (tertiary/aromatic N) is 2. The molecule has 2 unspecified atom stereocenters.